The van der Waals surface area contributed by atoms with Crippen molar-refractivity contribution in [1.29, 1.82) is 0 Å². The first-order valence-electron chi connectivity index (χ1n) is 9.89. The number of benzene rings is 2. The minimum atomic E-state index is -1.22. The van der Waals surface area contributed by atoms with Crippen LogP contribution < -0.4 is 5.73 Å². The molecule has 3 heterocycles. The second-order valence-corrected chi connectivity index (χ2v) is 7.65. The van der Waals surface area contributed by atoms with E-state index in [1.165, 1.54) is 28.9 Å². The molecular formula is C24H13ClF3N5O. The van der Waals surface area contributed by atoms with Crippen LogP contribution in [0.3, 0.4) is 0 Å². The van der Waals surface area contributed by atoms with E-state index >= 15 is 0 Å². The molecule has 34 heavy (non-hydrogen) atoms. The van der Waals surface area contributed by atoms with Gasteiger partial charge in [0.15, 0.2) is 0 Å². The van der Waals surface area contributed by atoms with Gasteiger partial charge in [0.1, 0.15) is 34.2 Å². The first-order chi connectivity index (χ1) is 16.3. The number of amides is 1. The quantitative estimate of drug-likeness (QED) is 0.355. The second kappa shape index (κ2) is 8.27. The van der Waals surface area contributed by atoms with Gasteiger partial charge in [0.2, 0.25) is 5.28 Å². The number of hydrogen-bond acceptors (Lipinski definition) is 4. The third kappa shape index (κ3) is 3.56. The maximum atomic E-state index is 15.0. The summed E-state index contributed by atoms with van der Waals surface area (Å²) >= 11 is 5.97. The molecular weight excluding hydrogens is 467 g/mol. The van der Waals surface area contributed by atoms with Crippen LogP contribution in [0.25, 0.3) is 39.2 Å². The van der Waals surface area contributed by atoms with Gasteiger partial charge in [-0.25, -0.2) is 27.7 Å². The highest BCUT2D eigenvalue weighted by Crippen LogP contribution is 2.37. The summed E-state index contributed by atoms with van der Waals surface area (Å²) in [7, 11) is 0. The van der Waals surface area contributed by atoms with Gasteiger partial charge in [-0.1, -0.05) is 18.2 Å². The van der Waals surface area contributed by atoms with Crippen LogP contribution >= 0.6 is 11.6 Å². The summed E-state index contributed by atoms with van der Waals surface area (Å²) in [6, 6.07) is 13.1. The van der Waals surface area contributed by atoms with Gasteiger partial charge in [0.05, 0.1) is 11.3 Å². The Morgan fingerprint density at radius 3 is 2.53 bits per heavy atom. The van der Waals surface area contributed by atoms with E-state index in [-0.39, 0.29) is 16.4 Å². The van der Waals surface area contributed by atoms with Crippen LogP contribution in [0, 0.1) is 17.5 Å². The summed E-state index contributed by atoms with van der Waals surface area (Å²) in [5, 5.41) is 4.48. The number of hydrogen-bond donors (Lipinski definition) is 1. The molecule has 168 valence electrons. The summed E-state index contributed by atoms with van der Waals surface area (Å²) in [5.74, 6) is -3.87. The molecule has 0 spiro atoms. The van der Waals surface area contributed by atoms with Crippen molar-refractivity contribution in [3.05, 3.63) is 95.3 Å². The normalized spacial score (nSPS) is 11.2. The maximum absolute atomic E-state index is 15.0. The number of nitrogens with zero attached hydrogens (tertiary/aromatic N) is 4. The van der Waals surface area contributed by atoms with Gasteiger partial charge < -0.3 is 5.73 Å². The number of carbonyl (C=O) groups excluding carboxylic acids is 1. The lowest BCUT2D eigenvalue weighted by molar-refractivity contribution is 0.0992. The number of carbonyl (C=O) groups is 1. The zero-order valence-corrected chi connectivity index (χ0v) is 17.9. The molecule has 6 nitrogen and oxygen atoms in total. The molecule has 0 atom stereocenters. The number of nitrogens with two attached hydrogens (primary N) is 1. The Bertz CT molecular complexity index is 1600. The molecule has 5 aromatic rings. The Hall–Kier alpha value is -4.24. The van der Waals surface area contributed by atoms with E-state index in [1.54, 1.807) is 36.5 Å². The van der Waals surface area contributed by atoms with Crippen molar-refractivity contribution in [2.75, 3.05) is 0 Å². The number of halogens is 4. The van der Waals surface area contributed by atoms with Crippen LogP contribution in [0.2, 0.25) is 5.28 Å². The van der Waals surface area contributed by atoms with Crippen LogP contribution in [-0.2, 0) is 0 Å². The molecule has 2 aromatic carbocycles. The van der Waals surface area contributed by atoms with Crippen molar-refractivity contribution in [1.82, 2.24) is 19.6 Å². The van der Waals surface area contributed by atoms with Crippen molar-refractivity contribution in [3.8, 4) is 33.6 Å². The Morgan fingerprint density at radius 1 is 0.971 bits per heavy atom. The van der Waals surface area contributed by atoms with E-state index in [0.717, 1.165) is 6.07 Å². The van der Waals surface area contributed by atoms with Crippen LogP contribution in [0.15, 0.2) is 67.0 Å². The number of primary amides is 1. The standard InChI is InChI=1S/C24H13ClF3N5O/c25-24-30-9-8-17(31-24)19-21(32-33-10-2-5-16(27)22(19)33)13-4-1-3-12(11-13)14-6-7-15(26)18(20(14)28)23(29)34/h1-11H,(H2,29,34). The van der Waals surface area contributed by atoms with Crippen LogP contribution in [0.4, 0.5) is 13.2 Å². The predicted octanol–water partition coefficient (Wildman–Crippen LogP) is 5.29. The Balaban J connectivity index is 1.76. The van der Waals surface area contributed by atoms with Gasteiger partial charge in [0, 0.05) is 23.5 Å². The topological polar surface area (TPSA) is 86.2 Å². The molecule has 0 bridgehead atoms. The molecule has 0 saturated heterocycles. The lowest BCUT2D eigenvalue weighted by Crippen LogP contribution is -2.16. The van der Waals surface area contributed by atoms with Crippen LogP contribution in [-0.4, -0.2) is 25.5 Å². The molecule has 0 saturated carbocycles. The first-order valence-corrected chi connectivity index (χ1v) is 10.3. The highest BCUT2D eigenvalue weighted by molar-refractivity contribution is 6.28. The SMILES string of the molecule is NC(=O)c1c(F)ccc(-c2cccc(-c3nn4cccc(F)c4c3-c3ccnc(Cl)n3)c2)c1F. The summed E-state index contributed by atoms with van der Waals surface area (Å²) in [4.78, 5) is 19.6. The lowest BCUT2D eigenvalue weighted by atomic mass is 9.97. The van der Waals surface area contributed by atoms with Crippen molar-refractivity contribution >= 4 is 23.0 Å². The lowest BCUT2D eigenvalue weighted by Gasteiger charge is -2.10. The molecule has 0 unspecified atom stereocenters. The van der Waals surface area contributed by atoms with Crippen molar-refractivity contribution in [2.24, 2.45) is 5.73 Å². The Kier molecular flexibility index (Phi) is 5.25. The minimum absolute atomic E-state index is 0.0275. The highest BCUT2D eigenvalue weighted by Gasteiger charge is 2.23. The van der Waals surface area contributed by atoms with Crippen molar-refractivity contribution < 1.29 is 18.0 Å². The smallest absolute Gasteiger partial charge is 0.254 e. The minimum Gasteiger partial charge on any atom is -0.365 e. The molecule has 0 aliphatic carbocycles. The molecule has 0 radical (unpaired) electrons. The van der Waals surface area contributed by atoms with Crippen molar-refractivity contribution in [2.45, 2.75) is 0 Å². The third-order valence-electron chi connectivity index (χ3n) is 5.27. The molecule has 1 amide bonds. The van der Waals surface area contributed by atoms with Crippen LogP contribution in [0.5, 0.6) is 0 Å². The van der Waals surface area contributed by atoms with Crippen LogP contribution in [0.1, 0.15) is 10.4 Å². The fraction of sp³-hybridized carbons (Fsp3) is 0. The fourth-order valence-electron chi connectivity index (χ4n) is 3.81. The average Bonchev–Trinajstić information content (AvgIpc) is 3.20. The Morgan fingerprint density at radius 2 is 1.76 bits per heavy atom. The van der Waals surface area contributed by atoms with Gasteiger partial charge in [-0.15, -0.1) is 0 Å². The predicted molar refractivity (Wildman–Crippen MR) is 120 cm³/mol. The van der Waals surface area contributed by atoms with Gasteiger partial charge in [-0.2, -0.15) is 5.10 Å². The molecule has 3 aromatic heterocycles. The van der Waals surface area contributed by atoms with E-state index in [2.05, 4.69) is 15.1 Å². The van der Waals surface area contributed by atoms with Gasteiger partial charge >= 0.3 is 0 Å². The first kappa shape index (κ1) is 21.6. The highest BCUT2D eigenvalue weighted by atomic mass is 35.5. The fourth-order valence-corrected chi connectivity index (χ4v) is 3.96. The number of rotatable bonds is 4. The largest absolute Gasteiger partial charge is 0.365 e. The van der Waals surface area contributed by atoms with E-state index in [9.17, 15) is 18.0 Å². The summed E-state index contributed by atoms with van der Waals surface area (Å²) in [5.41, 5.74) is 6.33. The molecule has 10 heteroatoms. The monoisotopic (exact) mass is 479 g/mol. The molecule has 0 fully saturated rings. The van der Waals surface area contributed by atoms with E-state index < -0.39 is 28.9 Å². The molecule has 0 aliphatic rings. The summed E-state index contributed by atoms with van der Waals surface area (Å²) in [6.45, 7) is 0. The summed E-state index contributed by atoms with van der Waals surface area (Å²) < 4.78 is 45.1. The number of pyridine rings is 1. The number of aromatic nitrogens is 4. The zero-order chi connectivity index (χ0) is 24.0. The second-order valence-electron chi connectivity index (χ2n) is 7.31. The van der Waals surface area contributed by atoms with Gasteiger partial charge in [0.25, 0.3) is 5.91 Å². The molecule has 0 aliphatic heterocycles. The average molecular weight is 480 g/mol. The summed E-state index contributed by atoms with van der Waals surface area (Å²) in [6.07, 6.45) is 3.02. The maximum Gasteiger partial charge on any atom is 0.254 e. The third-order valence-corrected chi connectivity index (χ3v) is 5.46. The molecule has 2 N–H and O–H groups in total. The van der Waals surface area contributed by atoms with E-state index in [4.69, 9.17) is 17.3 Å². The van der Waals surface area contributed by atoms with E-state index in [0.29, 0.717) is 28.1 Å². The Labute approximate surface area is 195 Å². The van der Waals surface area contributed by atoms with Crippen molar-refractivity contribution in [3.63, 3.8) is 0 Å². The van der Waals surface area contributed by atoms with Gasteiger partial charge in [-0.05, 0) is 53.6 Å². The van der Waals surface area contributed by atoms with E-state index in [1.807, 2.05) is 0 Å². The molecule has 5 rings (SSSR count). The van der Waals surface area contributed by atoms with Gasteiger partial charge in [-0.3, -0.25) is 4.79 Å². The zero-order valence-electron chi connectivity index (χ0n) is 17.1. The number of fused-ring (bicyclic) bond motifs is 1.